The van der Waals surface area contributed by atoms with Gasteiger partial charge in [0.05, 0.1) is 29.0 Å². The average molecular weight is 447 g/mol. The minimum absolute atomic E-state index is 0.00862. The summed E-state index contributed by atoms with van der Waals surface area (Å²) in [5, 5.41) is 0. The van der Waals surface area contributed by atoms with E-state index < -0.39 is 24.3 Å². The summed E-state index contributed by atoms with van der Waals surface area (Å²) in [7, 11) is 0. The molecule has 0 aliphatic carbocycles. The molecule has 0 spiro atoms. The summed E-state index contributed by atoms with van der Waals surface area (Å²) in [4.78, 5) is 29.0. The van der Waals surface area contributed by atoms with Crippen molar-refractivity contribution in [2.45, 2.75) is 20.4 Å². The topological polar surface area (TPSA) is 79.1 Å². The maximum atomic E-state index is 13.7. The molecule has 0 radical (unpaired) electrons. The maximum Gasteiger partial charge on any atom is 0.338 e. The van der Waals surface area contributed by atoms with Crippen LogP contribution in [0.25, 0.3) is 10.2 Å². The van der Waals surface area contributed by atoms with Crippen molar-refractivity contribution in [2.24, 2.45) is 4.99 Å². The molecule has 0 bridgehead atoms. The number of carbonyl (C=O) groups excluding carboxylic acids is 2. The normalized spacial score (nSPS) is 11.6. The number of para-hydroxylation sites is 1. The monoisotopic (exact) mass is 446 g/mol. The van der Waals surface area contributed by atoms with E-state index in [0.29, 0.717) is 30.1 Å². The Morgan fingerprint density at radius 1 is 1.13 bits per heavy atom. The number of aromatic nitrogens is 1. The number of rotatable bonds is 9. The van der Waals surface area contributed by atoms with Crippen LogP contribution in [-0.2, 0) is 20.8 Å². The lowest BCUT2D eigenvalue weighted by atomic mass is 10.2. The minimum Gasteiger partial charge on any atom is -0.481 e. The van der Waals surface area contributed by atoms with E-state index >= 15 is 0 Å². The second-order valence-electron chi connectivity index (χ2n) is 6.36. The van der Waals surface area contributed by atoms with Crippen LogP contribution in [0.5, 0.6) is 5.75 Å². The summed E-state index contributed by atoms with van der Waals surface area (Å²) in [6.45, 7) is 5.02. The molecule has 0 aliphatic heterocycles. The molecular weight excluding hydrogens is 423 g/mol. The predicted molar refractivity (Wildman–Crippen MR) is 115 cm³/mol. The van der Waals surface area contributed by atoms with Crippen LogP contribution in [0.2, 0.25) is 0 Å². The molecule has 0 fully saturated rings. The largest absolute Gasteiger partial charge is 0.481 e. The van der Waals surface area contributed by atoms with Crippen molar-refractivity contribution in [2.75, 3.05) is 26.4 Å². The molecule has 0 aliphatic rings. The van der Waals surface area contributed by atoms with Gasteiger partial charge < -0.3 is 18.8 Å². The number of amides is 1. The van der Waals surface area contributed by atoms with E-state index in [1.165, 1.54) is 29.5 Å². The summed E-state index contributed by atoms with van der Waals surface area (Å²) in [6, 6.07) is 11.0. The first-order valence-electron chi connectivity index (χ1n) is 9.86. The quantitative estimate of drug-likeness (QED) is 0.371. The van der Waals surface area contributed by atoms with Crippen LogP contribution in [-0.4, -0.2) is 42.9 Å². The number of halogens is 1. The number of hydrogen-bond acceptors (Lipinski definition) is 6. The average Bonchev–Trinajstić information content (AvgIpc) is 3.09. The second kappa shape index (κ2) is 10.8. The van der Waals surface area contributed by atoms with E-state index in [1.807, 2.05) is 11.5 Å². The van der Waals surface area contributed by atoms with Gasteiger partial charge in [-0.1, -0.05) is 23.5 Å². The number of hydrogen-bond donors (Lipinski definition) is 0. The summed E-state index contributed by atoms with van der Waals surface area (Å²) in [5.74, 6) is -1.52. The third-order valence-corrected chi connectivity index (χ3v) is 5.31. The van der Waals surface area contributed by atoms with Crippen molar-refractivity contribution >= 4 is 33.4 Å². The van der Waals surface area contributed by atoms with Gasteiger partial charge in [0.15, 0.2) is 23.0 Å². The molecule has 31 heavy (non-hydrogen) atoms. The lowest BCUT2D eigenvalue weighted by Gasteiger charge is -2.06. The molecule has 1 aromatic heterocycles. The Morgan fingerprint density at radius 3 is 2.68 bits per heavy atom. The lowest BCUT2D eigenvalue weighted by molar-refractivity contribution is -0.120. The fourth-order valence-electron chi connectivity index (χ4n) is 2.86. The van der Waals surface area contributed by atoms with Gasteiger partial charge in [0.2, 0.25) is 0 Å². The number of carbonyl (C=O) groups is 2. The van der Waals surface area contributed by atoms with Gasteiger partial charge in [0.1, 0.15) is 0 Å². The van der Waals surface area contributed by atoms with Crippen LogP contribution in [0.4, 0.5) is 4.39 Å². The number of fused-ring (bicyclic) bond motifs is 1. The Balaban J connectivity index is 1.90. The summed E-state index contributed by atoms with van der Waals surface area (Å²) in [5.41, 5.74) is 1.24. The van der Waals surface area contributed by atoms with Crippen molar-refractivity contribution < 1.29 is 28.2 Å². The van der Waals surface area contributed by atoms with E-state index in [0.717, 1.165) is 10.2 Å². The smallest absolute Gasteiger partial charge is 0.338 e. The van der Waals surface area contributed by atoms with Crippen molar-refractivity contribution in [3.63, 3.8) is 0 Å². The third-order valence-electron chi connectivity index (χ3n) is 4.27. The van der Waals surface area contributed by atoms with Gasteiger partial charge in [-0.25, -0.2) is 9.18 Å². The molecule has 0 saturated carbocycles. The van der Waals surface area contributed by atoms with E-state index in [2.05, 4.69) is 4.99 Å². The van der Waals surface area contributed by atoms with E-state index in [-0.39, 0.29) is 12.4 Å². The number of esters is 1. The van der Waals surface area contributed by atoms with Gasteiger partial charge in [0, 0.05) is 13.2 Å². The Kier molecular flexibility index (Phi) is 7.91. The molecule has 2 aromatic carbocycles. The fourth-order valence-corrected chi connectivity index (χ4v) is 3.97. The molecule has 3 aromatic rings. The highest BCUT2D eigenvalue weighted by Gasteiger charge is 2.13. The number of ether oxygens (including phenoxy) is 3. The van der Waals surface area contributed by atoms with E-state index in [4.69, 9.17) is 14.2 Å². The molecule has 1 amide bonds. The highest BCUT2D eigenvalue weighted by Crippen LogP contribution is 2.20. The van der Waals surface area contributed by atoms with Gasteiger partial charge in [0.25, 0.3) is 5.91 Å². The van der Waals surface area contributed by atoms with E-state index in [1.54, 1.807) is 31.2 Å². The first-order chi connectivity index (χ1) is 15.0. The Morgan fingerprint density at radius 2 is 1.94 bits per heavy atom. The molecule has 1 heterocycles. The number of benzene rings is 2. The molecule has 0 unspecified atom stereocenters. The highest BCUT2D eigenvalue weighted by atomic mass is 32.1. The molecule has 3 rings (SSSR count). The van der Waals surface area contributed by atoms with Crippen LogP contribution in [0, 0.1) is 5.82 Å². The fraction of sp³-hybridized carbons (Fsp3) is 0.318. The summed E-state index contributed by atoms with van der Waals surface area (Å²) < 4.78 is 32.1. The molecule has 9 heteroatoms. The second-order valence-corrected chi connectivity index (χ2v) is 7.37. The van der Waals surface area contributed by atoms with Crippen molar-refractivity contribution in [1.29, 1.82) is 0 Å². The number of thiazole rings is 1. The van der Waals surface area contributed by atoms with Gasteiger partial charge in [-0.05, 0) is 44.2 Å². The highest BCUT2D eigenvalue weighted by molar-refractivity contribution is 7.16. The predicted octanol–water partition coefficient (Wildman–Crippen LogP) is 3.56. The Labute approximate surface area is 182 Å². The third kappa shape index (κ3) is 5.77. The first-order valence-corrected chi connectivity index (χ1v) is 10.7. The zero-order valence-electron chi connectivity index (χ0n) is 17.3. The summed E-state index contributed by atoms with van der Waals surface area (Å²) >= 11 is 1.27. The first kappa shape index (κ1) is 22.6. The van der Waals surface area contributed by atoms with Crippen LogP contribution < -0.4 is 9.54 Å². The standard InChI is InChI=1S/C22H23FN2O5S/c1-3-28-12-11-25-17-10-9-15(21(27)29-4-2)13-19(17)31-22(25)24-20(26)14-30-18-8-6-5-7-16(18)23/h5-10,13H,3-4,11-12,14H2,1-2H3. The van der Waals surface area contributed by atoms with Crippen molar-refractivity contribution in [3.8, 4) is 5.75 Å². The van der Waals surface area contributed by atoms with Crippen LogP contribution in [0.3, 0.4) is 0 Å². The van der Waals surface area contributed by atoms with Crippen molar-refractivity contribution in [3.05, 3.63) is 58.6 Å². The minimum atomic E-state index is -0.550. The maximum absolute atomic E-state index is 13.7. The van der Waals surface area contributed by atoms with Gasteiger partial charge >= 0.3 is 5.97 Å². The molecule has 0 saturated heterocycles. The Hall–Kier alpha value is -3.04. The van der Waals surface area contributed by atoms with Gasteiger partial charge in [-0.3, -0.25) is 4.79 Å². The van der Waals surface area contributed by atoms with Gasteiger partial charge in [-0.15, -0.1) is 0 Å². The van der Waals surface area contributed by atoms with Crippen LogP contribution >= 0.6 is 11.3 Å². The van der Waals surface area contributed by atoms with Gasteiger partial charge in [-0.2, -0.15) is 4.99 Å². The summed E-state index contributed by atoms with van der Waals surface area (Å²) in [6.07, 6.45) is 0. The van der Waals surface area contributed by atoms with Crippen LogP contribution in [0.15, 0.2) is 47.5 Å². The zero-order chi connectivity index (χ0) is 22.2. The van der Waals surface area contributed by atoms with Crippen LogP contribution in [0.1, 0.15) is 24.2 Å². The van der Waals surface area contributed by atoms with E-state index in [9.17, 15) is 14.0 Å². The van der Waals surface area contributed by atoms with Crippen molar-refractivity contribution in [1.82, 2.24) is 4.57 Å². The number of nitrogens with zero attached hydrogens (tertiary/aromatic N) is 2. The molecule has 164 valence electrons. The lowest BCUT2D eigenvalue weighted by Crippen LogP contribution is -2.21. The molecule has 0 N–H and O–H groups in total. The molecule has 0 atom stereocenters. The molecular formula is C22H23FN2O5S. The SMILES string of the molecule is CCOCCn1c(=NC(=O)COc2ccccc2F)sc2cc(C(=O)OCC)ccc21. The Bertz CT molecular complexity index is 1140. The molecule has 7 nitrogen and oxygen atoms in total. The zero-order valence-corrected chi connectivity index (χ0v) is 18.1.